The lowest BCUT2D eigenvalue weighted by atomic mass is 10.0. The average molecular weight is 344 g/mol. The van der Waals surface area contributed by atoms with Crippen molar-refractivity contribution in [2.24, 2.45) is 5.92 Å². The lowest BCUT2D eigenvalue weighted by Crippen LogP contribution is -2.26. The molecule has 0 spiro atoms. The molecule has 5 heteroatoms. The van der Waals surface area contributed by atoms with Gasteiger partial charge in [-0.2, -0.15) is 4.39 Å². The van der Waals surface area contributed by atoms with Gasteiger partial charge in [-0.15, -0.1) is 0 Å². The van der Waals surface area contributed by atoms with Gasteiger partial charge in [-0.25, -0.2) is 9.97 Å². The van der Waals surface area contributed by atoms with Crippen molar-refractivity contribution in [1.29, 1.82) is 0 Å². The molecule has 0 atom stereocenters. The molecule has 1 aliphatic heterocycles. The normalized spacial score (nSPS) is 20.6. The lowest BCUT2D eigenvalue weighted by molar-refractivity contribution is -0.206. The molecule has 1 aromatic carbocycles. The Morgan fingerprint density at radius 3 is 2.40 bits per heavy atom. The third-order valence-electron chi connectivity index (χ3n) is 4.42. The highest BCUT2D eigenvalue weighted by Gasteiger charge is 2.23. The third-order valence-corrected chi connectivity index (χ3v) is 4.42. The fourth-order valence-electron chi connectivity index (χ4n) is 3.06. The van der Waals surface area contributed by atoms with Gasteiger partial charge in [0.15, 0.2) is 6.29 Å². The van der Waals surface area contributed by atoms with Gasteiger partial charge in [-0.1, -0.05) is 44.5 Å². The van der Waals surface area contributed by atoms with Crippen molar-refractivity contribution in [2.75, 3.05) is 13.2 Å². The maximum atomic E-state index is 14.2. The van der Waals surface area contributed by atoms with Crippen LogP contribution < -0.4 is 0 Å². The predicted molar refractivity (Wildman–Crippen MR) is 94.5 cm³/mol. The minimum atomic E-state index is -0.473. The second-order valence-corrected chi connectivity index (χ2v) is 6.52. The summed E-state index contributed by atoms with van der Waals surface area (Å²) in [4.78, 5) is 8.19. The first kappa shape index (κ1) is 18.0. The van der Waals surface area contributed by atoms with Crippen LogP contribution in [0.2, 0.25) is 0 Å². The summed E-state index contributed by atoms with van der Waals surface area (Å²) < 4.78 is 25.9. The van der Waals surface area contributed by atoms with Gasteiger partial charge in [0.2, 0.25) is 5.95 Å². The highest BCUT2D eigenvalue weighted by Crippen LogP contribution is 2.29. The van der Waals surface area contributed by atoms with Gasteiger partial charge in [0.1, 0.15) is 5.82 Å². The van der Waals surface area contributed by atoms with Crippen molar-refractivity contribution in [3.05, 3.63) is 47.8 Å². The number of aromatic nitrogens is 2. The Labute approximate surface area is 148 Å². The average Bonchev–Trinajstić information content (AvgIpc) is 2.63. The number of nitrogens with zero attached hydrogens (tertiary/aromatic N) is 2. The van der Waals surface area contributed by atoms with Crippen molar-refractivity contribution in [2.45, 2.75) is 45.8 Å². The molecule has 1 aromatic heterocycles. The van der Waals surface area contributed by atoms with Crippen LogP contribution in [0.3, 0.4) is 0 Å². The van der Waals surface area contributed by atoms with Crippen LogP contribution in [-0.2, 0) is 15.9 Å². The van der Waals surface area contributed by atoms with Crippen LogP contribution in [0.15, 0.2) is 30.5 Å². The molecule has 25 heavy (non-hydrogen) atoms. The smallest absolute Gasteiger partial charge is 0.224 e. The zero-order chi connectivity index (χ0) is 17.6. The lowest BCUT2D eigenvalue weighted by Gasteiger charge is -2.29. The Kier molecular flexibility index (Phi) is 6.10. The maximum Gasteiger partial charge on any atom is 0.224 e. The number of hydrogen-bond donors (Lipinski definition) is 0. The van der Waals surface area contributed by atoms with Gasteiger partial charge in [0, 0.05) is 24.1 Å². The summed E-state index contributed by atoms with van der Waals surface area (Å²) in [6.07, 6.45) is 5.07. The number of benzene rings is 1. The maximum absolute atomic E-state index is 14.2. The molecule has 4 nitrogen and oxygen atoms in total. The van der Waals surface area contributed by atoms with Crippen molar-refractivity contribution in [1.82, 2.24) is 9.97 Å². The number of aryl methyl sites for hydroxylation is 1. The van der Waals surface area contributed by atoms with E-state index < -0.39 is 5.95 Å². The summed E-state index contributed by atoms with van der Waals surface area (Å²) in [5.41, 5.74) is 2.12. The SMILES string of the molecule is CCCc1ncc(-c2ccc(C3OCC(CCC)CO3)cc2)c(F)n1. The quantitative estimate of drug-likeness (QED) is 0.713. The predicted octanol–water partition coefficient (Wildman–Crippen LogP) is 4.70. The minimum absolute atomic E-state index is 0.338. The van der Waals surface area contributed by atoms with Crippen LogP contribution in [0, 0.1) is 11.9 Å². The van der Waals surface area contributed by atoms with E-state index in [1.165, 1.54) is 0 Å². The summed E-state index contributed by atoms with van der Waals surface area (Å²) in [6.45, 7) is 5.64. The first-order valence-corrected chi connectivity index (χ1v) is 9.06. The number of hydrogen-bond acceptors (Lipinski definition) is 4. The largest absolute Gasteiger partial charge is 0.348 e. The molecular formula is C20H25FN2O2. The van der Waals surface area contributed by atoms with Crippen LogP contribution in [-0.4, -0.2) is 23.2 Å². The zero-order valence-corrected chi connectivity index (χ0v) is 14.9. The molecule has 2 heterocycles. The molecule has 2 aromatic rings. The molecular weight excluding hydrogens is 319 g/mol. The summed E-state index contributed by atoms with van der Waals surface area (Å²) in [7, 11) is 0. The van der Waals surface area contributed by atoms with Gasteiger partial charge in [0.25, 0.3) is 0 Å². The fraction of sp³-hybridized carbons (Fsp3) is 0.500. The van der Waals surface area contributed by atoms with Crippen molar-refractivity contribution >= 4 is 0 Å². The summed E-state index contributed by atoms with van der Waals surface area (Å²) in [5.74, 6) is 0.554. The first-order chi connectivity index (χ1) is 12.2. The summed E-state index contributed by atoms with van der Waals surface area (Å²) in [6, 6.07) is 7.56. The van der Waals surface area contributed by atoms with E-state index in [-0.39, 0.29) is 6.29 Å². The topological polar surface area (TPSA) is 44.2 Å². The molecule has 1 saturated heterocycles. The monoisotopic (exact) mass is 344 g/mol. The van der Waals surface area contributed by atoms with E-state index in [4.69, 9.17) is 9.47 Å². The molecule has 0 unspecified atom stereocenters. The van der Waals surface area contributed by atoms with E-state index >= 15 is 0 Å². The standard InChI is InChI=1S/C20H25FN2O2/c1-3-5-14-12-24-20(25-13-14)16-9-7-15(8-10-16)17-11-22-18(6-4-2)23-19(17)21/h7-11,14,20H,3-6,12-13H2,1-2H3. The Morgan fingerprint density at radius 1 is 1.08 bits per heavy atom. The fourth-order valence-corrected chi connectivity index (χ4v) is 3.06. The number of halogens is 1. The van der Waals surface area contributed by atoms with E-state index in [9.17, 15) is 4.39 Å². The second-order valence-electron chi connectivity index (χ2n) is 6.52. The molecule has 1 fully saturated rings. The van der Waals surface area contributed by atoms with E-state index in [2.05, 4.69) is 16.9 Å². The molecule has 0 aliphatic carbocycles. The highest BCUT2D eigenvalue weighted by molar-refractivity contribution is 5.62. The van der Waals surface area contributed by atoms with Crippen LogP contribution in [0.1, 0.15) is 50.8 Å². The highest BCUT2D eigenvalue weighted by atomic mass is 19.1. The summed E-state index contributed by atoms with van der Waals surface area (Å²) >= 11 is 0. The van der Waals surface area contributed by atoms with Crippen LogP contribution in [0.25, 0.3) is 11.1 Å². The molecule has 0 bridgehead atoms. The van der Waals surface area contributed by atoms with Crippen LogP contribution >= 0.6 is 0 Å². The molecule has 0 saturated carbocycles. The molecule has 1 aliphatic rings. The van der Waals surface area contributed by atoms with E-state index in [1.54, 1.807) is 6.20 Å². The van der Waals surface area contributed by atoms with E-state index in [0.29, 0.717) is 23.7 Å². The van der Waals surface area contributed by atoms with E-state index in [0.717, 1.165) is 43.6 Å². The van der Waals surface area contributed by atoms with Gasteiger partial charge in [-0.05, 0) is 18.4 Å². The molecule has 0 amide bonds. The van der Waals surface area contributed by atoms with Crippen molar-refractivity contribution in [3.8, 4) is 11.1 Å². The van der Waals surface area contributed by atoms with Crippen molar-refractivity contribution in [3.63, 3.8) is 0 Å². The Balaban J connectivity index is 1.68. The molecule has 3 rings (SSSR count). The van der Waals surface area contributed by atoms with Crippen molar-refractivity contribution < 1.29 is 13.9 Å². The molecule has 134 valence electrons. The van der Waals surface area contributed by atoms with Gasteiger partial charge in [0.05, 0.1) is 18.8 Å². The summed E-state index contributed by atoms with van der Waals surface area (Å²) in [5, 5.41) is 0. The molecule has 0 N–H and O–H groups in total. The Morgan fingerprint density at radius 2 is 1.80 bits per heavy atom. The third kappa shape index (κ3) is 4.41. The first-order valence-electron chi connectivity index (χ1n) is 9.06. The number of ether oxygens (including phenoxy) is 2. The minimum Gasteiger partial charge on any atom is -0.348 e. The van der Waals surface area contributed by atoms with E-state index in [1.807, 2.05) is 31.2 Å². The van der Waals surface area contributed by atoms with Gasteiger partial charge < -0.3 is 9.47 Å². The van der Waals surface area contributed by atoms with Gasteiger partial charge >= 0.3 is 0 Å². The van der Waals surface area contributed by atoms with Crippen LogP contribution in [0.5, 0.6) is 0 Å². The molecule has 0 radical (unpaired) electrons. The second kappa shape index (κ2) is 8.50. The zero-order valence-electron chi connectivity index (χ0n) is 14.9. The Hall–Kier alpha value is -1.85. The Bertz CT molecular complexity index is 683. The number of rotatable bonds is 6. The van der Waals surface area contributed by atoms with Crippen LogP contribution in [0.4, 0.5) is 4.39 Å². The van der Waals surface area contributed by atoms with Gasteiger partial charge in [-0.3, -0.25) is 0 Å².